The summed E-state index contributed by atoms with van der Waals surface area (Å²) in [5.41, 5.74) is -1.17. The predicted octanol–water partition coefficient (Wildman–Crippen LogP) is 6.49. The van der Waals surface area contributed by atoms with Crippen LogP contribution in [0.3, 0.4) is 0 Å². The number of para-hydroxylation sites is 1. The van der Waals surface area contributed by atoms with E-state index < -0.39 is 29.5 Å². The second kappa shape index (κ2) is 10.1. The summed E-state index contributed by atoms with van der Waals surface area (Å²) in [6, 6.07) is 10.6. The first-order valence-corrected chi connectivity index (χ1v) is 11.8. The summed E-state index contributed by atoms with van der Waals surface area (Å²) in [4.78, 5) is 17.8. The monoisotopic (exact) mass is 524 g/mol. The summed E-state index contributed by atoms with van der Waals surface area (Å²) in [5.74, 6) is -0.469. The van der Waals surface area contributed by atoms with E-state index in [1.165, 1.54) is 31.1 Å². The lowest BCUT2D eigenvalue weighted by Gasteiger charge is -2.31. The number of carbonyl (C=O) groups is 1. The third-order valence-electron chi connectivity index (χ3n) is 6.48. The molecule has 3 aromatic rings. The molecule has 0 radical (unpaired) electrons. The van der Waals surface area contributed by atoms with Crippen LogP contribution >= 0.6 is 0 Å². The fraction of sp³-hybridized carbons (Fsp3) is 0.385. The molecule has 1 amide bonds. The van der Waals surface area contributed by atoms with Gasteiger partial charge in [-0.3, -0.25) is 4.79 Å². The Labute approximate surface area is 209 Å². The summed E-state index contributed by atoms with van der Waals surface area (Å²) in [6.07, 6.45) is -6.79. The molecule has 1 heterocycles. The molecule has 0 saturated heterocycles. The molecular formula is C26H26F6N4O. The molecule has 198 valence electrons. The number of carbonyl (C=O) groups excluding carboxylic acids is 1. The second-order valence-corrected chi connectivity index (χ2v) is 9.36. The number of hydrogen-bond donors (Lipinski definition) is 2. The van der Waals surface area contributed by atoms with Gasteiger partial charge in [0.1, 0.15) is 5.69 Å². The molecule has 1 aliphatic carbocycles. The zero-order valence-corrected chi connectivity index (χ0v) is 20.2. The van der Waals surface area contributed by atoms with Gasteiger partial charge in [-0.1, -0.05) is 18.2 Å². The van der Waals surface area contributed by atoms with E-state index in [2.05, 4.69) is 15.6 Å². The molecule has 1 aliphatic rings. The van der Waals surface area contributed by atoms with E-state index in [4.69, 9.17) is 0 Å². The van der Waals surface area contributed by atoms with Crippen molar-refractivity contribution in [2.45, 2.75) is 50.1 Å². The molecule has 0 aliphatic heterocycles. The Hall–Kier alpha value is -3.50. The number of fused-ring (bicyclic) bond motifs is 1. The van der Waals surface area contributed by atoms with Crippen molar-refractivity contribution in [1.82, 2.24) is 10.3 Å². The SMILES string of the molecule is CN(C)c1cc(C(=O)NC2CCC(Nc3cc(C(F)(F)F)nc4ccccc34)CC2)ccc1C(F)(F)F. The standard InChI is InChI=1S/C26H26F6N4O/c1-36(2)22-13-15(7-12-19(22)25(27,28)29)24(37)34-17-10-8-16(9-11-17)33-21-14-23(26(30,31)32)35-20-6-4-3-5-18(20)21/h3-7,12-14,16-17H,8-11H2,1-2H3,(H,33,35)(H,34,37). The highest BCUT2D eigenvalue weighted by molar-refractivity contribution is 5.95. The molecule has 37 heavy (non-hydrogen) atoms. The Morgan fingerprint density at radius 2 is 1.54 bits per heavy atom. The van der Waals surface area contributed by atoms with Gasteiger partial charge in [0.2, 0.25) is 0 Å². The van der Waals surface area contributed by atoms with Crippen LogP contribution in [-0.4, -0.2) is 37.1 Å². The highest BCUT2D eigenvalue weighted by Crippen LogP contribution is 2.37. The van der Waals surface area contributed by atoms with Crippen LogP contribution in [-0.2, 0) is 12.4 Å². The maximum atomic E-state index is 13.3. The van der Waals surface area contributed by atoms with E-state index in [0.717, 1.165) is 18.2 Å². The number of nitrogens with zero attached hydrogens (tertiary/aromatic N) is 2. The molecule has 11 heteroatoms. The van der Waals surface area contributed by atoms with Crippen LogP contribution in [0.2, 0.25) is 0 Å². The van der Waals surface area contributed by atoms with Gasteiger partial charge in [0.05, 0.1) is 11.1 Å². The van der Waals surface area contributed by atoms with Crippen LogP contribution in [0.25, 0.3) is 10.9 Å². The van der Waals surface area contributed by atoms with Crippen molar-refractivity contribution in [3.05, 3.63) is 65.4 Å². The van der Waals surface area contributed by atoms with Crippen LogP contribution in [0.1, 0.15) is 47.3 Å². The average Bonchev–Trinajstić information content (AvgIpc) is 2.83. The van der Waals surface area contributed by atoms with Gasteiger partial charge in [0.25, 0.3) is 5.91 Å². The maximum Gasteiger partial charge on any atom is 0.433 e. The first-order valence-electron chi connectivity index (χ1n) is 11.8. The smallest absolute Gasteiger partial charge is 0.382 e. The minimum Gasteiger partial charge on any atom is -0.382 e. The van der Waals surface area contributed by atoms with Crippen molar-refractivity contribution in [2.24, 2.45) is 0 Å². The molecule has 5 nitrogen and oxygen atoms in total. The Balaban J connectivity index is 1.42. The van der Waals surface area contributed by atoms with Gasteiger partial charge in [-0.2, -0.15) is 26.3 Å². The van der Waals surface area contributed by atoms with E-state index in [1.807, 2.05) is 0 Å². The number of alkyl halides is 6. The summed E-state index contributed by atoms with van der Waals surface area (Å²) in [5, 5.41) is 6.68. The number of benzene rings is 2. The van der Waals surface area contributed by atoms with E-state index in [9.17, 15) is 31.1 Å². The lowest BCUT2D eigenvalue weighted by Crippen LogP contribution is -2.40. The molecule has 2 aromatic carbocycles. The summed E-state index contributed by atoms with van der Waals surface area (Å²) >= 11 is 0. The van der Waals surface area contributed by atoms with Crippen molar-refractivity contribution >= 4 is 28.2 Å². The zero-order chi connectivity index (χ0) is 27.0. The van der Waals surface area contributed by atoms with Crippen LogP contribution in [0.4, 0.5) is 37.7 Å². The summed E-state index contributed by atoms with van der Waals surface area (Å²) in [6.45, 7) is 0. The fourth-order valence-electron chi connectivity index (χ4n) is 4.59. The van der Waals surface area contributed by atoms with Gasteiger partial charge in [-0.25, -0.2) is 4.98 Å². The van der Waals surface area contributed by atoms with Crippen molar-refractivity contribution < 1.29 is 31.1 Å². The van der Waals surface area contributed by atoms with Crippen LogP contribution in [0.15, 0.2) is 48.5 Å². The lowest BCUT2D eigenvalue weighted by atomic mass is 9.90. The Morgan fingerprint density at radius 1 is 0.892 bits per heavy atom. The van der Waals surface area contributed by atoms with Crippen LogP contribution in [0.5, 0.6) is 0 Å². The topological polar surface area (TPSA) is 57.3 Å². The maximum absolute atomic E-state index is 13.3. The first kappa shape index (κ1) is 26.6. The molecular weight excluding hydrogens is 498 g/mol. The number of aromatic nitrogens is 1. The Bertz CT molecular complexity index is 1280. The number of halogens is 6. The number of hydrogen-bond acceptors (Lipinski definition) is 4. The normalized spacial score (nSPS) is 18.5. The molecule has 0 spiro atoms. The van der Waals surface area contributed by atoms with Gasteiger partial charge < -0.3 is 15.5 Å². The number of anilines is 2. The minimum absolute atomic E-state index is 0.101. The molecule has 1 aromatic heterocycles. The summed E-state index contributed by atoms with van der Waals surface area (Å²) < 4.78 is 79.9. The van der Waals surface area contributed by atoms with Gasteiger partial charge >= 0.3 is 12.4 Å². The third-order valence-corrected chi connectivity index (χ3v) is 6.48. The van der Waals surface area contributed by atoms with E-state index in [-0.39, 0.29) is 28.9 Å². The van der Waals surface area contributed by atoms with Crippen LogP contribution < -0.4 is 15.5 Å². The Kier molecular flexibility index (Phi) is 7.25. The van der Waals surface area contributed by atoms with Gasteiger partial charge in [0, 0.05) is 48.5 Å². The van der Waals surface area contributed by atoms with Crippen molar-refractivity contribution in [3.63, 3.8) is 0 Å². The number of amides is 1. The fourth-order valence-corrected chi connectivity index (χ4v) is 4.59. The summed E-state index contributed by atoms with van der Waals surface area (Å²) in [7, 11) is 2.95. The van der Waals surface area contributed by atoms with E-state index >= 15 is 0 Å². The van der Waals surface area contributed by atoms with Crippen LogP contribution in [0, 0.1) is 0 Å². The molecule has 1 saturated carbocycles. The van der Waals surface area contributed by atoms with Crippen molar-refractivity contribution in [3.8, 4) is 0 Å². The van der Waals surface area contributed by atoms with Gasteiger partial charge in [-0.05, 0) is 56.0 Å². The van der Waals surface area contributed by atoms with E-state index in [1.54, 1.807) is 18.2 Å². The first-order chi connectivity index (χ1) is 17.3. The zero-order valence-electron chi connectivity index (χ0n) is 20.2. The molecule has 4 rings (SSSR count). The number of rotatable bonds is 5. The number of pyridine rings is 1. The van der Waals surface area contributed by atoms with Crippen molar-refractivity contribution in [1.29, 1.82) is 0 Å². The highest BCUT2D eigenvalue weighted by Gasteiger charge is 2.35. The van der Waals surface area contributed by atoms with Gasteiger partial charge in [0.15, 0.2) is 0 Å². The number of nitrogens with one attached hydrogen (secondary N) is 2. The quantitative estimate of drug-likeness (QED) is 0.375. The molecule has 0 atom stereocenters. The van der Waals surface area contributed by atoms with Crippen molar-refractivity contribution in [2.75, 3.05) is 24.3 Å². The lowest BCUT2D eigenvalue weighted by molar-refractivity contribution is -0.141. The van der Waals surface area contributed by atoms with E-state index in [0.29, 0.717) is 36.8 Å². The highest BCUT2D eigenvalue weighted by atomic mass is 19.4. The average molecular weight is 525 g/mol. The molecule has 2 N–H and O–H groups in total. The predicted molar refractivity (Wildman–Crippen MR) is 130 cm³/mol. The molecule has 0 unspecified atom stereocenters. The van der Waals surface area contributed by atoms with Gasteiger partial charge in [-0.15, -0.1) is 0 Å². The minimum atomic E-state index is -4.58. The third kappa shape index (κ3) is 6.08. The second-order valence-electron chi connectivity index (χ2n) is 9.36. The largest absolute Gasteiger partial charge is 0.433 e. The Morgan fingerprint density at radius 3 is 2.16 bits per heavy atom. The molecule has 0 bridgehead atoms. The molecule has 1 fully saturated rings.